The number of carbonyl (C=O) groups excluding carboxylic acids is 1. The Kier molecular flexibility index (Phi) is 3.99. The number of non-ortho nitro benzene ring substituents is 1. The van der Waals surface area contributed by atoms with Crippen molar-refractivity contribution in [2.75, 3.05) is 13.1 Å². The number of nitrogens with zero attached hydrogens (tertiary/aromatic N) is 2. The van der Waals surface area contributed by atoms with E-state index in [4.69, 9.17) is 5.73 Å². The predicted molar refractivity (Wildman–Crippen MR) is 70.7 cm³/mol. The van der Waals surface area contributed by atoms with Crippen LogP contribution in [0, 0.1) is 21.8 Å². The fraction of sp³-hybridized carbons (Fsp3) is 0.462. The molecule has 20 heavy (non-hydrogen) atoms. The molecule has 1 amide bonds. The minimum absolute atomic E-state index is 0.131. The van der Waals surface area contributed by atoms with E-state index in [1.165, 1.54) is 4.90 Å². The molecule has 108 valence electrons. The van der Waals surface area contributed by atoms with Crippen LogP contribution >= 0.6 is 0 Å². The van der Waals surface area contributed by atoms with E-state index in [1.54, 1.807) is 0 Å². The van der Waals surface area contributed by atoms with Crippen LogP contribution in [-0.4, -0.2) is 34.9 Å². The lowest BCUT2D eigenvalue weighted by molar-refractivity contribution is -0.385. The molecule has 1 aromatic carbocycles. The molecule has 1 fully saturated rings. The van der Waals surface area contributed by atoms with Crippen molar-refractivity contribution in [3.8, 4) is 0 Å². The highest BCUT2D eigenvalue weighted by atomic mass is 19.1. The number of carbonyl (C=O) groups is 1. The predicted octanol–water partition coefficient (Wildman–Crippen LogP) is 1.54. The first-order chi connectivity index (χ1) is 9.40. The van der Waals surface area contributed by atoms with Gasteiger partial charge >= 0.3 is 0 Å². The molecule has 2 N–H and O–H groups in total. The topological polar surface area (TPSA) is 89.5 Å². The van der Waals surface area contributed by atoms with Gasteiger partial charge in [-0.05, 0) is 18.4 Å². The van der Waals surface area contributed by atoms with Gasteiger partial charge in [-0.25, -0.2) is 4.39 Å². The minimum atomic E-state index is -0.878. The number of amides is 1. The van der Waals surface area contributed by atoms with E-state index in [0.29, 0.717) is 19.0 Å². The number of likely N-dealkylation sites (tertiary alicyclic amines) is 1. The molecular weight excluding hydrogens is 265 g/mol. The normalized spacial score (nSPS) is 22.6. The van der Waals surface area contributed by atoms with E-state index in [1.807, 2.05) is 6.92 Å². The maximum absolute atomic E-state index is 13.8. The molecule has 2 unspecified atom stereocenters. The lowest BCUT2D eigenvalue weighted by Crippen LogP contribution is -2.49. The molecule has 0 spiro atoms. The summed E-state index contributed by atoms with van der Waals surface area (Å²) < 4.78 is 13.8. The summed E-state index contributed by atoms with van der Waals surface area (Å²) in [6.45, 7) is 2.90. The monoisotopic (exact) mass is 281 g/mol. The molecule has 1 aliphatic rings. The molecule has 1 heterocycles. The Morgan fingerprint density at radius 1 is 1.55 bits per heavy atom. The standard InChI is InChI=1S/C13H16FN3O3/c1-8-4-5-16(7-12(8)15)13(18)10-3-2-9(17(19)20)6-11(10)14/h2-3,6,8,12H,4-5,7,15H2,1H3. The van der Waals surface area contributed by atoms with E-state index in [2.05, 4.69) is 0 Å². The van der Waals surface area contributed by atoms with Crippen LogP contribution in [-0.2, 0) is 0 Å². The number of nitro groups is 1. The van der Waals surface area contributed by atoms with Crippen LogP contribution in [0.1, 0.15) is 23.7 Å². The lowest BCUT2D eigenvalue weighted by atomic mass is 9.94. The van der Waals surface area contributed by atoms with E-state index in [9.17, 15) is 19.3 Å². The van der Waals surface area contributed by atoms with Gasteiger partial charge in [-0.1, -0.05) is 6.92 Å². The number of nitrogens with two attached hydrogens (primary N) is 1. The number of rotatable bonds is 2. The number of benzene rings is 1. The third-order valence-electron chi connectivity index (χ3n) is 3.70. The molecule has 0 aromatic heterocycles. The third kappa shape index (κ3) is 2.77. The molecule has 0 bridgehead atoms. The van der Waals surface area contributed by atoms with Crippen LogP contribution in [0.2, 0.25) is 0 Å². The maximum atomic E-state index is 13.8. The first-order valence-electron chi connectivity index (χ1n) is 6.39. The molecule has 6 nitrogen and oxygen atoms in total. The van der Waals surface area contributed by atoms with Crippen LogP contribution < -0.4 is 5.73 Å². The van der Waals surface area contributed by atoms with Gasteiger partial charge in [0.2, 0.25) is 0 Å². The molecule has 2 rings (SSSR count). The van der Waals surface area contributed by atoms with E-state index < -0.39 is 16.6 Å². The van der Waals surface area contributed by atoms with Crippen LogP contribution in [0.3, 0.4) is 0 Å². The van der Waals surface area contributed by atoms with Crippen molar-refractivity contribution in [2.24, 2.45) is 11.7 Å². The summed E-state index contributed by atoms with van der Waals surface area (Å²) in [7, 11) is 0. The molecular formula is C13H16FN3O3. The second-order valence-corrected chi connectivity index (χ2v) is 5.10. The van der Waals surface area contributed by atoms with Crippen molar-refractivity contribution in [3.05, 3.63) is 39.7 Å². The van der Waals surface area contributed by atoms with Gasteiger partial charge < -0.3 is 10.6 Å². The minimum Gasteiger partial charge on any atom is -0.337 e. The number of hydrogen-bond donors (Lipinski definition) is 1. The molecule has 0 radical (unpaired) electrons. The smallest absolute Gasteiger partial charge is 0.272 e. The second-order valence-electron chi connectivity index (χ2n) is 5.10. The fourth-order valence-corrected chi connectivity index (χ4v) is 2.25. The van der Waals surface area contributed by atoms with Gasteiger partial charge in [-0.3, -0.25) is 14.9 Å². The van der Waals surface area contributed by atoms with Crippen molar-refractivity contribution < 1.29 is 14.1 Å². The van der Waals surface area contributed by atoms with Gasteiger partial charge in [0.1, 0.15) is 5.82 Å². The molecule has 2 atom stereocenters. The maximum Gasteiger partial charge on any atom is 0.272 e. The summed E-state index contributed by atoms with van der Waals surface area (Å²) in [5.74, 6) is -1.03. The Morgan fingerprint density at radius 3 is 2.80 bits per heavy atom. The summed E-state index contributed by atoms with van der Waals surface area (Å²) in [6, 6.07) is 2.91. The Labute approximate surface area is 115 Å². The molecule has 1 saturated heterocycles. The lowest BCUT2D eigenvalue weighted by Gasteiger charge is -2.35. The van der Waals surface area contributed by atoms with Gasteiger partial charge in [0.15, 0.2) is 0 Å². The Balaban J connectivity index is 2.19. The average molecular weight is 281 g/mol. The molecule has 7 heteroatoms. The molecule has 0 aliphatic carbocycles. The summed E-state index contributed by atoms with van der Waals surface area (Å²) in [5.41, 5.74) is 5.38. The molecule has 1 aliphatic heterocycles. The SMILES string of the molecule is CC1CCN(C(=O)c2ccc([N+](=O)[O-])cc2F)CC1N. The number of halogens is 1. The van der Waals surface area contributed by atoms with Crippen LogP contribution in [0.15, 0.2) is 18.2 Å². The first-order valence-corrected chi connectivity index (χ1v) is 6.39. The zero-order valence-corrected chi connectivity index (χ0v) is 11.1. The summed E-state index contributed by atoms with van der Waals surface area (Å²) >= 11 is 0. The largest absolute Gasteiger partial charge is 0.337 e. The van der Waals surface area contributed by atoms with Gasteiger partial charge in [-0.15, -0.1) is 0 Å². The fourth-order valence-electron chi connectivity index (χ4n) is 2.25. The average Bonchev–Trinajstić information content (AvgIpc) is 2.41. The zero-order chi connectivity index (χ0) is 14.9. The molecule has 0 saturated carbocycles. The van der Waals surface area contributed by atoms with Crippen LogP contribution in [0.4, 0.5) is 10.1 Å². The van der Waals surface area contributed by atoms with Crippen LogP contribution in [0.25, 0.3) is 0 Å². The highest BCUT2D eigenvalue weighted by molar-refractivity contribution is 5.94. The van der Waals surface area contributed by atoms with E-state index in [-0.39, 0.29) is 17.3 Å². The number of piperidine rings is 1. The zero-order valence-electron chi connectivity index (χ0n) is 11.1. The highest BCUT2D eigenvalue weighted by Crippen LogP contribution is 2.21. The van der Waals surface area contributed by atoms with E-state index in [0.717, 1.165) is 24.6 Å². The van der Waals surface area contributed by atoms with Gasteiger partial charge in [0.25, 0.3) is 11.6 Å². The highest BCUT2D eigenvalue weighted by Gasteiger charge is 2.28. The Hall–Kier alpha value is -2.02. The van der Waals surface area contributed by atoms with Crippen molar-refractivity contribution >= 4 is 11.6 Å². The van der Waals surface area contributed by atoms with Crippen molar-refractivity contribution in [3.63, 3.8) is 0 Å². The Bertz CT molecular complexity index is 550. The van der Waals surface area contributed by atoms with E-state index >= 15 is 0 Å². The third-order valence-corrected chi connectivity index (χ3v) is 3.70. The van der Waals surface area contributed by atoms with Crippen LogP contribution in [0.5, 0.6) is 0 Å². The molecule has 1 aromatic rings. The van der Waals surface area contributed by atoms with Gasteiger partial charge in [-0.2, -0.15) is 0 Å². The number of hydrogen-bond acceptors (Lipinski definition) is 4. The van der Waals surface area contributed by atoms with Crippen molar-refractivity contribution in [1.82, 2.24) is 4.90 Å². The summed E-state index contributed by atoms with van der Waals surface area (Å²) in [6.07, 6.45) is 0.765. The quantitative estimate of drug-likeness (QED) is 0.657. The summed E-state index contributed by atoms with van der Waals surface area (Å²) in [4.78, 5) is 23.6. The van der Waals surface area contributed by atoms with Gasteiger partial charge in [0.05, 0.1) is 16.6 Å². The van der Waals surface area contributed by atoms with Crippen molar-refractivity contribution in [2.45, 2.75) is 19.4 Å². The summed E-state index contributed by atoms with van der Waals surface area (Å²) in [5, 5.41) is 10.5. The number of nitro benzene ring substituents is 1. The van der Waals surface area contributed by atoms with Crippen molar-refractivity contribution in [1.29, 1.82) is 0 Å². The first kappa shape index (κ1) is 14.4. The Morgan fingerprint density at radius 2 is 2.25 bits per heavy atom. The van der Waals surface area contributed by atoms with Gasteiger partial charge in [0, 0.05) is 25.2 Å². The second kappa shape index (κ2) is 5.54.